The molecule has 0 aromatic carbocycles. The van der Waals surface area contributed by atoms with Crippen LogP contribution in [0, 0.1) is 15.5 Å². The summed E-state index contributed by atoms with van der Waals surface area (Å²) < 4.78 is 0.995. The topological polar surface area (TPSA) is 51.3 Å². The summed E-state index contributed by atoms with van der Waals surface area (Å²) in [6.45, 7) is 2.26. The first-order chi connectivity index (χ1) is 10.2. The molecule has 0 atom stereocenters. The smallest absolute Gasteiger partial charge is 0.102 e. The Morgan fingerprint density at radius 1 is 1.43 bits per heavy atom. The van der Waals surface area contributed by atoms with Gasteiger partial charge in [-0.25, -0.2) is 4.98 Å². The molecule has 2 fully saturated rings. The minimum atomic E-state index is 0.486. The summed E-state index contributed by atoms with van der Waals surface area (Å²) in [6, 6.07) is 6.56. The van der Waals surface area contributed by atoms with E-state index in [1.54, 1.807) is 0 Å². The third-order valence-electron chi connectivity index (χ3n) is 4.52. The number of pyridine rings is 1. The van der Waals surface area contributed by atoms with Crippen LogP contribution in [0.4, 0.5) is 0 Å². The summed E-state index contributed by atoms with van der Waals surface area (Å²) >= 11 is 2.24. The van der Waals surface area contributed by atoms with Gasteiger partial charge in [0.25, 0.3) is 0 Å². The summed E-state index contributed by atoms with van der Waals surface area (Å²) in [6.07, 6.45) is 8.12. The maximum atomic E-state index is 6.35. The van der Waals surface area contributed by atoms with E-state index in [0.29, 0.717) is 12.0 Å². The van der Waals surface area contributed by atoms with Crippen molar-refractivity contribution in [3.8, 4) is 0 Å². The van der Waals surface area contributed by atoms with Gasteiger partial charge in [0.2, 0.25) is 0 Å². The molecule has 112 valence electrons. The number of rotatable bonds is 5. The number of nitrogens with zero attached hydrogens (tertiary/aromatic N) is 2. The van der Waals surface area contributed by atoms with E-state index < -0.39 is 0 Å². The van der Waals surface area contributed by atoms with E-state index in [0.717, 1.165) is 26.6 Å². The van der Waals surface area contributed by atoms with Gasteiger partial charge in [0.15, 0.2) is 0 Å². The van der Waals surface area contributed by atoms with Crippen LogP contribution in [0.15, 0.2) is 28.9 Å². The number of aliphatic imine (C=N–C) groups is 1. The van der Waals surface area contributed by atoms with Crippen LogP contribution in [0.25, 0.3) is 5.57 Å². The molecule has 0 radical (unpaired) electrons. The van der Waals surface area contributed by atoms with Crippen LogP contribution in [0.5, 0.6) is 0 Å². The average molecular weight is 395 g/mol. The molecular weight excluding hydrogens is 373 g/mol. The molecule has 0 aliphatic heterocycles. The molecule has 3 nitrogen and oxygen atoms in total. The zero-order valence-electron chi connectivity index (χ0n) is 12.4. The van der Waals surface area contributed by atoms with Gasteiger partial charge >= 0.3 is 0 Å². The third kappa shape index (κ3) is 3.65. The molecule has 0 bridgehead atoms. The Bertz CT molecular complexity index is 569. The van der Waals surface area contributed by atoms with Crippen LogP contribution in [-0.4, -0.2) is 17.2 Å². The number of aromatic nitrogens is 1. The molecule has 4 heteroatoms. The molecular formula is C17H22IN3. The summed E-state index contributed by atoms with van der Waals surface area (Å²) in [4.78, 5) is 9.38. The van der Waals surface area contributed by atoms with E-state index in [1.807, 2.05) is 24.4 Å². The highest BCUT2D eigenvalue weighted by atomic mass is 127. The Morgan fingerprint density at radius 2 is 2.19 bits per heavy atom. The lowest BCUT2D eigenvalue weighted by Crippen LogP contribution is -2.26. The lowest BCUT2D eigenvalue weighted by atomic mass is 9.79. The maximum absolute atomic E-state index is 6.35. The van der Waals surface area contributed by atoms with Crippen molar-refractivity contribution >= 4 is 34.4 Å². The first-order valence-electron chi connectivity index (χ1n) is 7.83. The Balaban J connectivity index is 1.81. The van der Waals surface area contributed by atoms with E-state index in [9.17, 15) is 0 Å². The molecule has 2 aliphatic carbocycles. The predicted molar refractivity (Wildman–Crippen MR) is 96.1 cm³/mol. The van der Waals surface area contributed by atoms with E-state index >= 15 is 0 Å². The van der Waals surface area contributed by atoms with Gasteiger partial charge in [0.1, 0.15) is 3.70 Å². The Morgan fingerprint density at radius 3 is 2.81 bits per heavy atom. The third-order valence-corrected chi connectivity index (χ3v) is 5.12. The molecule has 0 amide bonds. The average Bonchev–Trinajstić information content (AvgIpc) is 3.25. The highest BCUT2D eigenvalue weighted by molar-refractivity contribution is 14.1. The zero-order valence-corrected chi connectivity index (χ0v) is 14.6. The minimum Gasteiger partial charge on any atom is -0.401 e. The van der Waals surface area contributed by atoms with Crippen molar-refractivity contribution in [3.05, 3.63) is 33.3 Å². The van der Waals surface area contributed by atoms with Gasteiger partial charge in [0, 0.05) is 17.5 Å². The molecule has 1 aromatic heterocycles. The Hall–Kier alpha value is -0.910. The first-order valence-corrected chi connectivity index (χ1v) is 8.91. The summed E-state index contributed by atoms with van der Waals surface area (Å²) in [5, 5.41) is 0. The van der Waals surface area contributed by atoms with Gasteiger partial charge in [-0.3, -0.25) is 4.99 Å². The molecule has 0 saturated heterocycles. The molecule has 2 N–H and O–H groups in total. The van der Waals surface area contributed by atoms with E-state index in [4.69, 9.17) is 10.7 Å². The monoisotopic (exact) mass is 395 g/mol. The highest BCUT2D eigenvalue weighted by Gasteiger charge is 2.28. The van der Waals surface area contributed by atoms with Gasteiger partial charge < -0.3 is 5.73 Å². The van der Waals surface area contributed by atoms with Gasteiger partial charge in [-0.1, -0.05) is 19.4 Å². The first kappa shape index (κ1) is 15.0. The molecule has 1 heterocycles. The number of allylic oxidation sites excluding steroid dienone is 2. The SMILES string of the molecule is CCC1CC(N=CC(=C(N)C2CC2)c2cccc(I)n2)C1. The van der Waals surface area contributed by atoms with Crippen molar-refractivity contribution in [1.29, 1.82) is 0 Å². The quantitative estimate of drug-likeness (QED) is 0.465. The summed E-state index contributed by atoms with van der Waals surface area (Å²) in [5.41, 5.74) is 9.32. The summed E-state index contributed by atoms with van der Waals surface area (Å²) in [7, 11) is 0. The predicted octanol–water partition coefficient (Wildman–Crippen LogP) is 4.03. The van der Waals surface area contributed by atoms with Gasteiger partial charge in [-0.2, -0.15) is 0 Å². The van der Waals surface area contributed by atoms with Crippen molar-refractivity contribution in [3.63, 3.8) is 0 Å². The Labute approximate surface area is 140 Å². The molecule has 2 aliphatic rings. The van der Waals surface area contributed by atoms with Crippen molar-refractivity contribution < 1.29 is 0 Å². The highest BCUT2D eigenvalue weighted by Crippen LogP contribution is 2.37. The minimum absolute atomic E-state index is 0.486. The molecule has 3 rings (SSSR count). The molecule has 21 heavy (non-hydrogen) atoms. The van der Waals surface area contributed by atoms with Crippen molar-refractivity contribution in [2.75, 3.05) is 0 Å². The fourth-order valence-electron chi connectivity index (χ4n) is 2.80. The van der Waals surface area contributed by atoms with Crippen LogP contribution < -0.4 is 5.73 Å². The second-order valence-corrected chi connectivity index (χ2v) is 7.27. The number of hydrogen-bond donors (Lipinski definition) is 1. The van der Waals surface area contributed by atoms with Crippen LogP contribution in [0.1, 0.15) is 44.7 Å². The van der Waals surface area contributed by atoms with Crippen LogP contribution in [0.2, 0.25) is 0 Å². The molecule has 2 saturated carbocycles. The van der Waals surface area contributed by atoms with E-state index in [-0.39, 0.29) is 0 Å². The van der Waals surface area contributed by atoms with Crippen molar-refractivity contribution in [1.82, 2.24) is 4.98 Å². The van der Waals surface area contributed by atoms with Crippen LogP contribution in [0.3, 0.4) is 0 Å². The van der Waals surface area contributed by atoms with Crippen molar-refractivity contribution in [2.45, 2.75) is 45.1 Å². The van der Waals surface area contributed by atoms with Gasteiger partial charge in [0.05, 0.1) is 11.7 Å². The lowest BCUT2D eigenvalue weighted by Gasteiger charge is -2.31. The van der Waals surface area contributed by atoms with E-state index in [1.165, 1.54) is 32.1 Å². The second-order valence-electron chi connectivity index (χ2n) is 6.17. The fourth-order valence-corrected chi connectivity index (χ4v) is 3.26. The molecule has 1 aromatic rings. The lowest BCUT2D eigenvalue weighted by molar-refractivity contribution is 0.261. The molecule has 0 spiro atoms. The number of hydrogen-bond acceptors (Lipinski definition) is 3. The second kappa shape index (κ2) is 6.46. The zero-order chi connectivity index (χ0) is 14.8. The number of halogens is 1. The molecule has 0 unspecified atom stereocenters. The summed E-state index contributed by atoms with van der Waals surface area (Å²) in [5.74, 6) is 1.41. The standard InChI is InChI=1S/C17H22IN3/c1-2-11-8-13(9-11)20-10-14(17(19)12-6-7-12)15-4-3-5-16(18)21-15/h3-5,10-13H,2,6-9,19H2,1H3. The number of nitrogens with two attached hydrogens (primary N) is 1. The Kier molecular flexibility index (Phi) is 4.62. The normalized spacial score (nSPS) is 26.6. The van der Waals surface area contributed by atoms with Gasteiger partial charge in [-0.05, 0) is 72.2 Å². The van der Waals surface area contributed by atoms with Gasteiger partial charge in [-0.15, -0.1) is 0 Å². The van der Waals surface area contributed by atoms with Crippen LogP contribution >= 0.6 is 22.6 Å². The van der Waals surface area contributed by atoms with E-state index in [2.05, 4.69) is 34.5 Å². The van der Waals surface area contributed by atoms with Crippen molar-refractivity contribution in [2.24, 2.45) is 22.6 Å². The fraction of sp³-hybridized carbons (Fsp3) is 0.529. The largest absolute Gasteiger partial charge is 0.401 e. The maximum Gasteiger partial charge on any atom is 0.102 e. The van der Waals surface area contributed by atoms with Crippen LogP contribution in [-0.2, 0) is 0 Å².